The average Bonchev–Trinajstić information content (AvgIpc) is 3.08. The minimum Gasteiger partial charge on any atom is -0.493 e. The van der Waals surface area contributed by atoms with Crippen molar-refractivity contribution in [2.75, 3.05) is 7.11 Å². The van der Waals surface area contributed by atoms with E-state index >= 15 is 0 Å². The van der Waals surface area contributed by atoms with Gasteiger partial charge in [0.15, 0.2) is 11.5 Å². The second-order valence-electron chi connectivity index (χ2n) is 5.84. The van der Waals surface area contributed by atoms with Crippen LogP contribution in [0.5, 0.6) is 11.5 Å². The third-order valence-corrected chi connectivity index (χ3v) is 4.30. The number of halogens is 1. The number of ether oxygens (including phenoxy) is 2. The number of methoxy groups -OCH3 is 1. The largest absolute Gasteiger partial charge is 0.493 e. The van der Waals surface area contributed by atoms with Crippen molar-refractivity contribution in [2.45, 2.75) is 6.92 Å². The van der Waals surface area contributed by atoms with E-state index < -0.39 is 10.9 Å². The Balaban J connectivity index is 1.93. The first-order chi connectivity index (χ1) is 13.9. The van der Waals surface area contributed by atoms with Crippen molar-refractivity contribution in [3.05, 3.63) is 80.7 Å². The van der Waals surface area contributed by atoms with E-state index in [-0.39, 0.29) is 28.5 Å². The summed E-state index contributed by atoms with van der Waals surface area (Å²) < 4.78 is 15.9. The fourth-order valence-electron chi connectivity index (χ4n) is 2.62. The van der Waals surface area contributed by atoms with E-state index in [2.05, 4.69) is 5.16 Å². The van der Waals surface area contributed by atoms with E-state index in [0.29, 0.717) is 16.1 Å². The zero-order chi connectivity index (χ0) is 21.0. The first-order valence-corrected chi connectivity index (χ1v) is 8.71. The molecule has 2 aromatic carbocycles. The van der Waals surface area contributed by atoms with Gasteiger partial charge in [0.2, 0.25) is 6.20 Å². The standard InChI is InChI=1S/C20H15ClN2O6/c1-12-18(19(22-29-12)14-5-3-4-6-15(14)21)20(24)28-16-8-7-13(9-10-23(25)26)11-17(16)27-2/h3-11H,1-2H3. The number of nitrogens with zero attached hydrogens (tertiary/aromatic N) is 2. The van der Waals surface area contributed by atoms with Crippen LogP contribution >= 0.6 is 11.6 Å². The molecule has 0 saturated heterocycles. The monoisotopic (exact) mass is 414 g/mol. The predicted molar refractivity (Wildman–Crippen MR) is 106 cm³/mol. The molecule has 0 spiro atoms. The van der Waals surface area contributed by atoms with Crippen molar-refractivity contribution in [2.24, 2.45) is 0 Å². The van der Waals surface area contributed by atoms with E-state index in [0.717, 1.165) is 6.20 Å². The molecular weight excluding hydrogens is 400 g/mol. The number of carbonyl (C=O) groups excluding carboxylic acids is 1. The zero-order valence-electron chi connectivity index (χ0n) is 15.4. The fourth-order valence-corrected chi connectivity index (χ4v) is 2.84. The van der Waals surface area contributed by atoms with Gasteiger partial charge in [0.25, 0.3) is 0 Å². The number of rotatable bonds is 6. The number of esters is 1. The lowest BCUT2D eigenvalue weighted by atomic mass is 10.1. The van der Waals surface area contributed by atoms with Crippen LogP contribution in [0.15, 0.2) is 53.2 Å². The van der Waals surface area contributed by atoms with Gasteiger partial charge in [-0.1, -0.05) is 41.0 Å². The highest BCUT2D eigenvalue weighted by Gasteiger charge is 2.25. The molecule has 0 fully saturated rings. The molecule has 0 radical (unpaired) electrons. The van der Waals surface area contributed by atoms with E-state index in [1.54, 1.807) is 37.3 Å². The van der Waals surface area contributed by atoms with Crippen molar-refractivity contribution in [3.63, 3.8) is 0 Å². The van der Waals surface area contributed by atoms with Gasteiger partial charge in [-0.05, 0) is 30.7 Å². The van der Waals surface area contributed by atoms with Crippen LogP contribution in [-0.2, 0) is 0 Å². The van der Waals surface area contributed by atoms with E-state index in [9.17, 15) is 14.9 Å². The highest BCUT2D eigenvalue weighted by molar-refractivity contribution is 6.33. The maximum atomic E-state index is 12.8. The van der Waals surface area contributed by atoms with Crippen LogP contribution in [0.1, 0.15) is 21.7 Å². The summed E-state index contributed by atoms with van der Waals surface area (Å²) in [7, 11) is 1.40. The van der Waals surface area contributed by atoms with Gasteiger partial charge >= 0.3 is 5.97 Å². The van der Waals surface area contributed by atoms with Crippen molar-refractivity contribution in [1.29, 1.82) is 0 Å². The SMILES string of the molecule is COc1cc(C=C[N+](=O)[O-])ccc1OC(=O)c1c(-c2ccccc2Cl)noc1C. The number of hydrogen-bond donors (Lipinski definition) is 0. The lowest BCUT2D eigenvalue weighted by Crippen LogP contribution is -2.11. The quantitative estimate of drug-likeness (QED) is 0.247. The van der Waals surface area contributed by atoms with Crippen LogP contribution in [-0.4, -0.2) is 23.2 Å². The molecule has 0 N–H and O–H groups in total. The van der Waals surface area contributed by atoms with Crippen molar-refractivity contribution in [1.82, 2.24) is 5.16 Å². The molecule has 148 valence electrons. The molecule has 3 rings (SSSR count). The van der Waals surface area contributed by atoms with Gasteiger partial charge < -0.3 is 14.0 Å². The maximum Gasteiger partial charge on any atom is 0.349 e. The van der Waals surface area contributed by atoms with Crippen molar-refractivity contribution >= 4 is 23.6 Å². The number of nitro groups is 1. The molecule has 3 aromatic rings. The number of aryl methyl sites for hydroxylation is 1. The molecule has 0 aliphatic carbocycles. The Morgan fingerprint density at radius 1 is 1.24 bits per heavy atom. The van der Waals surface area contributed by atoms with Crippen LogP contribution in [0.3, 0.4) is 0 Å². The summed E-state index contributed by atoms with van der Waals surface area (Å²) in [4.78, 5) is 22.7. The molecule has 8 nitrogen and oxygen atoms in total. The molecule has 0 unspecified atom stereocenters. The molecule has 1 aromatic heterocycles. The second-order valence-corrected chi connectivity index (χ2v) is 6.25. The third-order valence-electron chi connectivity index (χ3n) is 3.97. The summed E-state index contributed by atoms with van der Waals surface area (Å²) in [5, 5.41) is 14.8. The van der Waals surface area contributed by atoms with Gasteiger partial charge in [-0.25, -0.2) is 4.79 Å². The fraction of sp³-hybridized carbons (Fsp3) is 0.100. The second kappa shape index (κ2) is 8.57. The summed E-state index contributed by atoms with van der Waals surface area (Å²) in [5.41, 5.74) is 1.45. The molecular formula is C20H15ClN2O6. The number of carbonyl (C=O) groups is 1. The number of benzene rings is 2. The van der Waals surface area contributed by atoms with Gasteiger partial charge in [0.1, 0.15) is 17.0 Å². The summed E-state index contributed by atoms with van der Waals surface area (Å²) in [6.45, 7) is 1.59. The van der Waals surface area contributed by atoms with E-state index in [1.165, 1.54) is 25.3 Å². The normalized spacial score (nSPS) is 10.9. The number of aromatic nitrogens is 1. The predicted octanol–water partition coefficient (Wildman–Crippen LogP) is 4.78. The number of hydrogen-bond acceptors (Lipinski definition) is 7. The first-order valence-electron chi connectivity index (χ1n) is 8.33. The minimum absolute atomic E-state index is 0.137. The molecule has 0 aliphatic rings. The zero-order valence-corrected chi connectivity index (χ0v) is 16.2. The topological polar surface area (TPSA) is 105 Å². The Hall–Kier alpha value is -3.65. The van der Waals surface area contributed by atoms with E-state index in [4.69, 9.17) is 25.6 Å². The highest BCUT2D eigenvalue weighted by Crippen LogP contribution is 2.34. The van der Waals surface area contributed by atoms with Crippen LogP contribution in [0.25, 0.3) is 17.3 Å². The molecule has 0 bridgehead atoms. The van der Waals surface area contributed by atoms with Crippen molar-refractivity contribution in [3.8, 4) is 22.8 Å². The summed E-state index contributed by atoms with van der Waals surface area (Å²) in [6.07, 6.45) is 2.10. The Morgan fingerprint density at radius 2 is 2.00 bits per heavy atom. The molecule has 0 atom stereocenters. The smallest absolute Gasteiger partial charge is 0.349 e. The van der Waals surface area contributed by atoms with Gasteiger partial charge in [-0.3, -0.25) is 10.1 Å². The van der Waals surface area contributed by atoms with Gasteiger partial charge in [-0.15, -0.1) is 0 Å². The van der Waals surface area contributed by atoms with Crippen LogP contribution in [0.2, 0.25) is 5.02 Å². The van der Waals surface area contributed by atoms with Gasteiger partial charge in [0.05, 0.1) is 17.1 Å². The van der Waals surface area contributed by atoms with E-state index in [1.807, 2.05) is 0 Å². The van der Waals surface area contributed by atoms with Gasteiger partial charge in [-0.2, -0.15) is 0 Å². The first kappa shape index (κ1) is 20.1. The van der Waals surface area contributed by atoms with Crippen molar-refractivity contribution < 1.29 is 23.7 Å². The molecule has 0 amide bonds. The summed E-state index contributed by atoms with van der Waals surface area (Å²) >= 11 is 6.21. The average molecular weight is 415 g/mol. The molecule has 1 heterocycles. The van der Waals surface area contributed by atoms with Crippen LogP contribution in [0, 0.1) is 17.0 Å². The Bertz CT molecular complexity index is 1110. The molecule has 0 aliphatic heterocycles. The van der Waals surface area contributed by atoms with Crippen LogP contribution < -0.4 is 9.47 Å². The lowest BCUT2D eigenvalue weighted by molar-refractivity contribution is -0.400. The lowest BCUT2D eigenvalue weighted by Gasteiger charge is -2.10. The molecule has 29 heavy (non-hydrogen) atoms. The summed E-state index contributed by atoms with van der Waals surface area (Å²) in [6, 6.07) is 11.5. The van der Waals surface area contributed by atoms with Crippen LogP contribution in [0.4, 0.5) is 0 Å². The molecule has 9 heteroatoms. The highest BCUT2D eigenvalue weighted by atomic mass is 35.5. The molecule has 0 saturated carbocycles. The Morgan fingerprint density at radius 3 is 2.69 bits per heavy atom. The Kier molecular flexibility index (Phi) is 5.94. The third kappa shape index (κ3) is 4.44. The summed E-state index contributed by atoms with van der Waals surface area (Å²) in [5.74, 6) is -0.0568. The minimum atomic E-state index is -0.703. The van der Waals surface area contributed by atoms with Gasteiger partial charge in [0, 0.05) is 11.6 Å². The maximum absolute atomic E-state index is 12.8. The Labute approximate surface area is 170 Å².